The molecule has 2 rings (SSSR count). The summed E-state index contributed by atoms with van der Waals surface area (Å²) < 4.78 is 51.8. The van der Waals surface area contributed by atoms with Crippen molar-refractivity contribution < 1.29 is 17.6 Å². The lowest BCUT2D eigenvalue weighted by Crippen LogP contribution is -2.11. The molecule has 0 aliphatic rings. The number of hydrogen-bond acceptors (Lipinski definition) is 4. The molecule has 108 valence electrons. The Hall–Kier alpha value is -1.54. The summed E-state index contributed by atoms with van der Waals surface area (Å²) in [4.78, 5) is 0. The van der Waals surface area contributed by atoms with Gasteiger partial charge in [0.1, 0.15) is 10.8 Å². The molecule has 1 aromatic carbocycles. The Labute approximate surface area is 116 Å². The number of nitrogens with one attached hydrogen (secondary N) is 1. The molecule has 0 bridgehead atoms. The van der Waals surface area contributed by atoms with Gasteiger partial charge in [-0.1, -0.05) is 24.3 Å². The van der Waals surface area contributed by atoms with E-state index in [2.05, 4.69) is 15.5 Å². The van der Waals surface area contributed by atoms with Crippen molar-refractivity contribution >= 4 is 11.3 Å². The van der Waals surface area contributed by atoms with Gasteiger partial charge in [0, 0.05) is 12.1 Å². The molecule has 1 N–H and O–H groups in total. The van der Waals surface area contributed by atoms with Crippen LogP contribution in [0.5, 0.6) is 0 Å². The summed E-state index contributed by atoms with van der Waals surface area (Å²) in [7, 11) is 0. The normalized spacial score (nSPS) is 11.8. The van der Waals surface area contributed by atoms with Gasteiger partial charge < -0.3 is 5.32 Å². The van der Waals surface area contributed by atoms with Crippen molar-refractivity contribution in [3.63, 3.8) is 0 Å². The Kier molecular flexibility index (Phi) is 4.34. The number of alkyl halides is 3. The fraction of sp³-hybridized carbons (Fsp3) is 0.333. The van der Waals surface area contributed by atoms with Crippen LogP contribution >= 0.6 is 11.3 Å². The van der Waals surface area contributed by atoms with Crippen LogP contribution in [0.2, 0.25) is 0 Å². The SMILES string of the molecule is CCNCc1nnc(-c2cccc(C(F)(F)F)c2F)s1. The van der Waals surface area contributed by atoms with Gasteiger partial charge in [-0.2, -0.15) is 13.2 Å². The van der Waals surface area contributed by atoms with Gasteiger partial charge in [0.25, 0.3) is 0 Å². The zero-order chi connectivity index (χ0) is 14.8. The standard InChI is InChI=1S/C12H11F4N3S/c1-2-17-6-9-18-19-11(20-9)7-4-3-5-8(10(7)13)12(14,15)16/h3-5,17H,2,6H2,1H3. The summed E-state index contributed by atoms with van der Waals surface area (Å²) in [5.74, 6) is -1.31. The molecule has 3 nitrogen and oxygen atoms in total. The first-order chi connectivity index (χ1) is 9.43. The lowest BCUT2D eigenvalue weighted by atomic mass is 10.1. The van der Waals surface area contributed by atoms with Gasteiger partial charge in [0.15, 0.2) is 5.01 Å². The highest BCUT2D eigenvalue weighted by Crippen LogP contribution is 2.36. The maximum absolute atomic E-state index is 13.9. The van der Waals surface area contributed by atoms with Crippen LogP contribution in [0.4, 0.5) is 17.6 Å². The van der Waals surface area contributed by atoms with Gasteiger partial charge in [-0.05, 0) is 18.7 Å². The molecule has 0 aliphatic carbocycles. The second-order valence-electron chi connectivity index (χ2n) is 3.95. The quantitative estimate of drug-likeness (QED) is 0.879. The lowest BCUT2D eigenvalue weighted by molar-refractivity contribution is -0.139. The smallest absolute Gasteiger partial charge is 0.311 e. The topological polar surface area (TPSA) is 37.8 Å². The van der Waals surface area contributed by atoms with Crippen LogP contribution in [-0.2, 0) is 12.7 Å². The van der Waals surface area contributed by atoms with E-state index in [1.165, 1.54) is 6.07 Å². The van der Waals surface area contributed by atoms with Gasteiger partial charge >= 0.3 is 6.18 Å². The third-order valence-electron chi connectivity index (χ3n) is 2.53. The first-order valence-electron chi connectivity index (χ1n) is 5.82. The summed E-state index contributed by atoms with van der Waals surface area (Å²) in [5, 5.41) is 11.3. The fourth-order valence-corrected chi connectivity index (χ4v) is 2.41. The lowest BCUT2D eigenvalue weighted by Gasteiger charge is -2.09. The predicted molar refractivity (Wildman–Crippen MR) is 67.7 cm³/mol. The minimum atomic E-state index is -4.72. The van der Waals surface area contributed by atoms with Gasteiger partial charge in [-0.25, -0.2) is 4.39 Å². The molecule has 0 fully saturated rings. The zero-order valence-corrected chi connectivity index (χ0v) is 11.3. The third kappa shape index (κ3) is 3.13. The fourth-order valence-electron chi connectivity index (χ4n) is 1.58. The molecule has 0 amide bonds. The van der Waals surface area contributed by atoms with Crippen LogP contribution in [0.15, 0.2) is 18.2 Å². The molecular weight excluding hydrogens is 294 g/mol. The van der Waals surface area contributed by atoms with Crippen LogP contribution in [0.1, 0.15) is 17.5 Å². The van der Waals surface area contributed by atoms with Crippen LogP contribution in [0, 0.1) is 5.82 Å². The van der Waals surface area contributed by atoms with E-state index in [1.54, 1.807) is 0 Å². The molecule has 0 unspecified atom stereocenters. The molecule has 1 aromatic heterocycles. The van der Waals surface area contributed by atoms with E-state index in [-0.39, 0.29) is 10.6 Å². The van der Waals surface area contributed by atoms with Crippen molar-refractivity contribution in [1.82, 2.24) is 15.5 Å². The van der Waals surface area contributed by atoms with E-state index >= 15 is 0 Å². The second kappa shape index (κ2) is 5.84. The van der Waals surface area contributed by atoms with Crippen molar-refractivity contribution in [3.8, 4) is 10.6 Å². The van der Waals surface area contributed by atoms with Gasteiger partial charge in [0.05, 0.1) is 5.56 Å². The molecule has 0 spiro atoms. The van der Waals surface area contributed by atoms with E-state index in [9.17, 15) is 17.6 Å². The maximum atomic E-state index is 13.9. The Balaban J connectivity index is 2.36. The van der Waals surface area contributed by atoms with Crippen molar-refractivity contribution in [2.24, 2.45) is 0 Å². The zero-order valence-electron chi connectivity index (χ0n) is 10.5. The van der Waals surface area contributed by atoms with Crippen LogP contribution < -0.4 is 5.32 Å². The Morgan fingerprint density at radius 1 is 1.25 bits per heavy atom. The second-order valence-corrected chi connectivity index (χ2v) is 5.01. The highest BCUT2D eigenvalue weighted by Gasteiger charge is 2.35. The number of aromatic nitrogens is 2. The highest BCUT2D eigenvalue weighted by atomic mass is 32.1. The molecule has 8 heteroatoms. The Morgan fingerprint density at radius 3 is 2.65 bits per heavy atom. The molecule has 1 heterocycles. The summed E-state index contributed by atoms with van der Waals surface area (Å²) in [6.45, 7) is 3.09. The molecule has 0 saturated heterocycles. The monoisotopic (exact) mass is 305 g/mol. The molecule has 0 aliphatic heterocycles. The van der Waals surface area contributed by atoms with Crippen molar-refractivity contribution in [2.45, 2.75) is 19.6 Å². The predicted octanol–water partition coefficient (Wildman–Crippen LogP) is 3.47. The van der Waals surface area contributed by atoms with E-state index in [0.29, 0.717) is 17.6 Å². The third-order valence-corrected chi connectivity index (χ3v) is 3.48. The number of nitrogens with zero attached hydrogens (tertiary/aromatic N) is 2. The molecular formula is C12H11F4N3S. The van der Waals surface area contributed by atoms with Crippen molar-refractivity contribution in [1.29, 1.82) is 0 Å². The minimum absolute atomic E-state index is 0.140. The van der Waals surface area contributed by atoms with Gasteiger partial charge in [-0.3, -0.25) is 0 Å². The number of benzene rings is 1. The average Bonchev–Trinajstić information content (AvgIpc) is 2.83. The Bertz CT molecular complexity index is 595. The number of halogens is 4. The molecule has 20 heavy (non-hydrogen) atoms. The summed E-state index contributed by atoms with van der Waals surface area (Å²) in [6.07, 6.45) is -4.72. The number of hydrogen-bond donors (Lipinski definition) is 1. The van der Waals surface area contributed by atoms with Crippen LogP contribution in [-0.4, -0.2) is 16.7 Å². The Morgan fingerprint density at radius 2 is 2.00 bits per heavy atom. The van der Waals surface area contributed by atoms with Gasteiger partial charge in [0.2, 0.25) is 0 Å². The van der Waals surface area contributed by atoms with Crippen molar-refractivity contribution in [3.05, 3.63) is 34.6 Å². The number of rotatable bonds is 4. The minimum Gasteiger partial charge on any atom is -0.311 e. The largest absolute Gasteiger partial charge is 0.419 e. The first kappa shape index (κ1) is 14.9. The average molecular weight is 305 g/mol. The van der Waals surface area contributed by atoms with E-state index in [4.69, 9.17) is 0 Å². The summed E-state index contributed by atoms with van der Waals surface area (Å²) >= 11 is 1.07. The van der Waals surface area contributed by atoms with Gasteiger partial charge in [-0.15, -0.1) is 10.2 Å². The summed E-state index contributed by atoms with van der Waals surface area (Å²) in [5.41, 5.74) is -1.47. The van der Waals surface area contributed by atoms with E-state index in [1.807, 2.05) is 6.92 Å². The summed E-state index contributed by atoms with van der Waals surface area (Å²) in [6, 6.07) is 3.13. The molecule has 0 radical (unpaired) electrons. The molecule has 2 aromatic rings. The van der Waals surface area contributed by atoms with Crippen molar-refractivity contribution in [2.75, 3.05) is 6.54 Å². The van der Waals surface area contributed by atoms with E-state index in [0.717, 1.165) is 23.9 Å². The molecule has 0 saturated carbocycles. The first-order valence-corrected chi connectivity index (χ1v) is 6.64. The maximum Gasteiger partial charge on any atom is 0.419 e. The van der Waals surface area contributed by atoms with Crippen LogP contribution in [0.3, 0.4) is 0 Å². The van der Waals surface area contributed by atoms with E-state index < -0.39 is 17.6 Å². The molecule has 0 atom stereocenters. The van der Waals surface area contributed by atoms with Crippen LogP contribution in [0.25, 0.3) is 10.6 Å². The highest BCUT2D eigenvalue weighted by molar-refractivity contribution is 7.14.